The smallest absolute Gasteiger partial charge is 0.264 e. The number of carbonyl (C=O) groups is 1. The molecule has 1 aliphatic rings. The van der Waals surface area contributed by atoms with Crippen molar-refractivity contribution in [2.24, 2.45) is 0 Å². The predicted molar refractivity (Wildman–Crippen MR) is 166 cm³/mol. The van der Waals surface area contributed by atoms with E-state index >= 15 is 0 Å². The Balaban J connectivity index is 1.37. The van der Waals surface area contributed by atoms with Crippen LogP contribution in [0.25, 0.3) is 0 Å². The van der Waals surface area contributed by atoms with Crippen molar-refractivity contribution in [2.45, 2.75) is 31.5 Å². The third kappa shape index (κ3) is 7.38. The van der Waals surface area contributed by atoms with Crippen molar-refractivity contribution in [1.82, 2.24) is 10.2 Å². The van der Waals surface area contributed by atoms with Crippen LogP contribution in [0.2, 0.25) is 5.02 Å². The Morgan fingerprint density at radius 1 is 0.857 bits per heavy atom. The molecule has 1 N–H and O–H groups in total. The summed E-state index contributed by atoms with van der Waals surface area (Å²) in [7, 11) is -4.01. The Kier molecular flexibility index (Phi) is 9.59. The lowest BCUT2D eigenvalue weighted by Gasteiger charge is -2.27. The SMILES string of the molecule is Cc1ccc(S(=O)(=O)N(Cc2ccc(Cl)cc2)c2ccccc2C(=O)NCc2ccc(CN3CCOCC3)cc2)cc1. The first-order valence-corrected chi connectivity index (χ1v) is 15.7. The van der Waals surface area contributed by atoms with E-state index < -0.39 is 10.0 Å². The number of halogens is 1. The average Bonchev–Trinajstić information content (AvgIpc) is 3.01. The van der Waals surface area contributed by atoms with Gasteiger partial charge in [-0.1, -0.05) is 77.8 Å². The Morgan fingerprint density at radius 2 is 1.48 bits per heavy atom. The molecule has 0 bridgehead atoms. The van der Waals surface area contributed by atoms with Gasteiger partial charge in [-0.3, -0.25) is 14.0 Å². The van der Waals surface area contributed by atoms with E-state index in [9.17, 15) is 13.2 Å². The Morgan fingerprint density at radius 3 is 2.17 bits per heavy atom. The maximum Gasteiger partial charge on any atom is 0.264 e. The number of benzene rings is 4. The summed E-state index contributed by atoms with van der Waals surface area (Å²) in [6, 6.07) is 28.7. The molecule has 218 valence electrons. The number of morpholine rings is 1. The fourth-order valence-electron chi connectivity index (χ4n) is 4.83. The molecule has 1 fully saturated rings. The fraction of sp³-hybridized carbons (Fsp3) is 0.242. The molecular formula is C33H34ClN3O4S. The molecule has 7 nitrogen and oxygen atoms in total. The van der Waals surface area contributed by atoms with Crippen molar-refractivity contribution in [3.05, 3.63) is 130 Å². The van der Waals surface area contributed by atoms with Crippen molar-refractivity contribution in [3.63, 3.8) is 0 Å². The van der Waals surface area contributed by atoms with Gasteiger partial charge in [0, 0.05) is 31.2 Å². The van der Waals surface area contributed by atoms with Crippen LogP contribution in [-0.2, 0) is 34.4 Å². The molecule has 5 rings (SSSR count). The summed E-state index contributed by atoms with van der Waals surface area (Å²) in [6.07, 6.45) is 0. The summed E-state index contributed by atoms with van der Waals surface area (Å²) in [5.74, 6) is -0.358. The van der Waals surface area contributed by atoms with E-state index in [0.29, 0.717) is 17.3 Å². The number of aryl methyl sites for hydroxylation is 1. The Labute approximate surface area is 252 Å². The molecule has 0 atom stereocenters. The summed E-state index contributed by atoms with van der Waals surface area (Å²) < 4.78 is 34.7. The largest absolute Gasteiger partial charge is 0.379 e. The highest BCUT2D eigenvalue weighted by atomic mass is 35.5. The topological polar surface area (TPSA) is 79.0 Å². The molecule has 1 heterocycles. The molecule has 0 unspecified atom stereocenters. The quantitative estimate of drug-likeness (QED) is 0.248. The summed E-state index contributed by atoms with van der Waals surface area (Å²) in [6.45, 7) is 6.47. The van der Waals surface area contributed by atoms with Crippen molar-refractivity contribution < 1.29 is 17.9 Å². The molecule has 1 saturated heterocycles. The molecule has 0 aromatic heterocycles. The van der Waals surface area contributed by atoms with Gasteiger partial charge < -0.3 is 10.1 Å². The number of sulfonamides is 1. The van der Waals surface area contributed by atoms with Gasteiger partial charge in [0.15, 0.2) is 0 Å². The molecule has 0 radical (unpaired) electrons. The van der Waals surface area contributed by atoms with E-state index in [4.69, 9.17) is 16.3 Å². The number of carbonyl (C=O) groups excluding carboxylic acids is 1. The number of hydrogen-bond donors (Lipinski definition) is 1. The monoisotopic (exact) mass is 603 g/mol. The maximum atomic E-state index is 14.0. The summed E-state index contributed by atoms with van der Waals surface area (Å²) in [4.78, 5) is 16.0. The molecular weight excluding hydrogens is 570 g/mol. The summed E-state index contributed by atoms with van der Waals surface area (Å²) in [5, 5.41) is 3.53. The van der Waals surface area contributed by atoms with Crippen molar-refractivity contribution in [3.8, 4) is 0 Å². The molecule has 0 aliphatic carbocycles. The van der Waals surface area contributed by atoms with E-state index in [1.54, 1.807) is 72.8 Å². The van der Waals surface area contributed by atoms with Gasteiger partial charge in [-0.05, 0) is 60.0 Å². The number of nitrogens with one attached hydrogen (secondary N) is 1. The van der Waals surface area contributed by atoms with Crippen LogP contribution in [0.3, 0.4) is 0 Å². The van der Waals surface area contributed by atoms with E-state index in [-0.39, 0.29) is 22.9 Å². The first kappa shape index (κ1) is 29.8. The normalized spacial score (nSPS) is 14.0. The minimum atomic E-state index is -4.01. The molecule has 4 aromatic carbocycles. The van der Waals surface area contributed by atoms with E-state index in [2.05, 4.69) is 22.3 Å². The molecule has 1 amide bonds. The standard InChI is InChI=1S/C33H34ClN3O4S/c1-25-6-16-30(17-7-25)42(39,40)37(24-28-12-14-29(34)15-13-28)32-5-3-2-4-31(32)33(38)35-22-26-8-10-27(11-9-26)23-36-18-20-41-21-19-36/h2-17H,18-24H2,1H3,(H,35,38). The lowest BCUT2D eigenvalue weighted by molar-refractivity contribution is 0.0342. The highest BCUT2D eigenvalue weighted by Gasteiger charge is 2.28. The predicted octanol–water partition coefficient (Wildman–Crippen LogP) is 5.81. The zero-order chi connectivity index (χ0) is 29.5. The molecule has 0 saturated carbocycles. The van der Waals surface area contributed by atoms with E-state index in [1.165, 1.54) is 9.87 Å². The van der Waals surface area contributed by atoms with Gasteiger partial charge in [0.25, 0.3) is 15.9 Å². The fourth-order valence-corrected chi connectivity index (χ4v) is 6.43. The van der Waals surface area contributed by atoms with Crippen molar-refractivity contribution in [2.75, 3.05) is 30.6 Å². The average molecular weight is 604 g/mol. The van der Waals surface area contributed by atoms with Gasteiger partial charge in [0.05, 0.1) is 35.9 Å². The van der Waals surface area contributed by atoms with Crippen LogP contribution in [0.1, 0.15) is 32.6 Å². The van der Waals surface area contributed by atoms with Crippen LogP contribution in [0.15, 0.2) is 102 Å². The lowest BCUT2D eigenvalue weighted by atomic mass is 10.1. The molecule has 9 heteroatoms. The number of amides is 1. The zero-order valence-corrected chi connectivity index (χ0v) is 25.1. The van der Waals surface area contributed by atoms with Crippen LogP contribution in [-0.4, -0.2) is 45.5 Å². The second-order valence-corrected chi connectivity index (χ2v) is 12.7. The minimum absolute atomic E-state index is 0.0300. The van der Waals surface area contributed by atoms with Crippen LogP contribution in [0, 0.1) is 6.92 Å². The summed E-state index contributed by atoms with van der Waals surface area (Å²) >= 11 is 6.08. The number of para-hydroxylation sites is 1. The molecule has 4 aromatic rings. The van der Waals surface area contributed by atoms with Crippen LogP contribution in [0.5, 0.6) is 0 Å². The minimum Gasteiger partial charge on any atom is -0.379 e. The van der Waals surface area contributed by atoms with Crippen LogP contribution in [0.4, 0.5) is 5.69 Å². The second kappa shape index (κ2) is 13.5. The molecule has 0 spiro atoms. The molecule has 42 heavy (non-hydrogen) atoms. The van der Waals surface area contributed by atoms with E-state index in [0.717, 1.165) is 49.5 Å². The Hall–Kier alpha value is -3.69. The summed E-state index contributed by atoms with van der Waals surface area (Å²) in [5.41, 5.74) is 4.42. The highest BCUT2D eigenvalue weighted by molar-refractivity contribution is 7.92. The Bertz CT molecular complexity index is 1600. The zero-order valence-electron chi connectivity index (χ0n) is 23.5. The lowest BCUT2D eigenvalue weighted by Crippen LogP contribution is -2.35. The maximum absolute atomic E-state index is 14.0. The number of nitrogens with zero attached hydrogens (tertiary/aromatic N) is 2. The van der Waals surface area contributed by atoms with Gasteiger partial charge in [0.1, 0.15) is 0 Å². The van der Waals surface area contributed by atoms with Gasteiger partial charge in [0.2, 0.25) is 0 Å². The highest BCUT2D eigenvalue weighted by Crippen LogP contribution is 2.30. The number of anilines is 1. The first-order valence-electron chi connectivity index (χ1n) is 13.9. The van der Waals surface area contributed by atoms with Gasteiger partial charge in [-0.2, -0.15) is 0 Å². The van der Waals surface area contributed by atoms with Crippen molar-refractivity contribution in [1.29, 1.82) is 0 Å². The first-order chi connectivity index (χ1) is 20.3. The van der Waals surface area contributed by atoms with Gasteiger partial charge >= 0.3 is 0 Å². The number of rotatable bonds is 10. The number of ether oxygens (including phenoxy) is 1. The molecule has 1 aliphatic heterocycles. The van der Waals surface area contributed by atoms with Crippen LogP contribution < -0.4 is 9.62 Å². The van der Waals surface area contributed by atoms with Gasteiger partial charge in [-0.25, -0.2) is 8.42 Å². The van der Waals surface area contributed by atoms with E-state index in [1.807, 2.05) is 19.1 Å². The second-order valence-electron chi connectivity index (χ2n) is 10.4. The third-order valence-electron chi connectivity index (χ3n) is 7.25. The van der Waals surface area contributed by atoms with Crippen LogP contribution >= 0.6 is 11.6 Å². The van der Waals surface area contributed by atoms with Crippen molar-refractivity contribution >= 4 is 33.2 Å². The third-order valence-corrected chi connectivity index (χ3v) is 9.28. The number of hydrogen-bond acceptors (Lipinski definition) is 5. The van der Waals surface area contributed by atoms with Gasteiger partial charge in [-0.15, -0.1) is 0 Å².